The maximum absolute atomic E-state index is 10.9. The topological polar surface area (TPSA) is 59.7 Å². The van der Waals surface area contributed by atoms with E-state index in [0.29, 0.717) is 5.56 Å². The van der Waals surface area contributed by atoms with E-state index in [-0.39, 0.29) is 0 Å². The van der Waals surface area contributed by atoms with Gasteiger partial charge in [-0.3, -0.25) is 0 Å². The molecule has 0 saturated carbocycles. The Balaban J connectivity index is 2.46. The second-order valence-electron chi connectivity index (χ2n) is 3.17. The maximum atomic E-state index is 10.9. The number of carboxylic acid groups (broad SMARTS) is 1. The van der Waals surface area contributed by atoms with Gasteiger partial charge in [0, 0.05) is 12.5 Å². The molecule has 15 heavy (non-hydrogen) atoms. The van der Waals surface area contributed by atoms with Gasteiger partial charge in [-0.1, -0.05) is 6.07 Å². The molecule has 0 fully saturated rings. The zero-order valence-electron chi connectivity index (χ0n) is 8.14. The number of benzene rings is 1. The fourth-order valence-corrected chi connectivity index (χ4v) is 1.53. The zero-order valence-corrected chi connectivity index (χ0v) is 8.14. The van der Waals surface area contributed by atoms with E-state index in [2.05, 4.69) is 0 Å². The monoisotopic (exact) mass is 206 g/mol. The Bertz CT molecular complexity index is 486. The van der Waals surface area contributed by atoms with Crippen molar-refractivity contribution in [3.63, 3.8) is 0 Å². The minimum Gasteiger partial charge on any atom is -0.479 e. The van der Waals surface area contributed by atoms with Crippen molar-refractivity contribution in [2.75, 3.05) is 7.11 Å². The molecule has 0 saturated heterocycles. The molecule has 0 unspecified atom stereocenters. The Kier molecular flexibility index (Phi) is 2.43. The number of rotatable bonds is 3. The van der Waals surface area contributed by atoms with Crippen LogP contribution in [-0.4, -0.2) is 18.2 Å². The van der Waals surface area contributed by atoms with Crippen molar-refractivity contribution in [1.82, 2.24) is 0 Å². The van der Waals surface area contributed by atoms with Crippen LogP contribution in [-0.2, 0) is 9.53 Å². The number of hydrogen-bond donors (Lipinski definition) is 1. The quantitative estimate of drug-likeness (QED) is 0.836. The number of fused-ring (bicyclic) bond motifs is 1. The van der Waals surface area contributed by atoms with Crippen molar-refractivity contribution in [3.8, 4) is 0 Å². The third kappa shape index (κ3) is 1.71. The van der Waals surface area contributed by atoms with Gasteiger partial charge in [-0.05, 0) is 23.8 Å². The first-order chi connectivity index (χ1) is 7.22. The van der Waals surface area contributed by atoms with E-state index in [0.717, 1.165) is 11.0 Å². The number of furan rings is 1. The van der Waals surface area contributed by atoms with Crippen molar-refractivity contribution in [2.45, 2.75) is 6.10 Å². The molecule has 1 aromatic carbocycles. The normalized spacial score (nSPS) is 12.9. The number of carbonyl (C=O) groups is 1. The lowest BCUT2D eigenvalue weighted by molar-refractivity contribution is -0.148. The number of aliphatic carboxylic acids is 1. The van der Waals surface area contributed by atoms with Gasteiger partial charge < -0.3 is 14.3 Å². The third-order valence-electron chi connectivity index (χ3n) is 2.24. The van der Waals surface area contributed by atoms with Crippen LogP contribution in [0.25, 0.3) is 11.0 Å². The molecule has 4 heteroatoms. The van der Waals surface area contributed by atoms with Crippen LogP contribution in [0.2, 0.25) is 0 Å². The molecule has 1 N–H and O–H groups in total. The molecular formula is C11H10O4. The summed E-state index contributed by atoms with van der Waals surface area (Å²) in [4.78, 5) is 10.9. The molecular weight excluding hydrogens is 196 g/mol. The van der Waals surface area contributed by atoms with Crippen LogP contribution in [0.15, 0.2) is 34.9 Å². The molecule has 1 atom stereocenters. The highest BCUT2D eigenvalue weighted by Crippen LogP contribution is 2.23. The van der Waals surface area contributed by atoms with Gasteiger partial charge in [-0.15, -0.1) is 0 Å². The summed E-state index contributed by atoms with van der Waals surface area (Å²) in [5.41, 5.74) is 1.35. The summed E-state index contributed by atoms with van der Waals surface area (Å²) in [6.07, 6.45) is 0.640. The highest BCUT2D eigenvalue weighted by Gasteiger charge is 2.19. The summed E-state index contributed by atoms with van der Waals surface area (Å²) in [6, 6.07) is 6.96. The van der Waals surface area contributed by atoms with E-state index in [1.165, 1.54) is 7.11 Å². The summed E-state index contributed by atoms with van der Waals surface area (Å²) in [7, 11) is 1.37. The Hall–Kier alpha value is -1.81. The molecule has 0 aliphatic heterocycles. The van der Waals surface area contributed by atoms with Gasteiger partial charge in [0.1, 0.15) is 5.58 Å². The minimum atomic E-state index is -1.000. The van der Waals surface area contributed by atoms with Gasteiger partial charge in [0.15, 0.2) is 6.10 Å². The first-order valence-electron chi connectivity index (χ1n) is 4.45. The Morgan fingerprint density at radius 3 is 2.93 bits per heavy atom. The SMILES string of the molecule is CO[C@@H](C(=O)O)c1ccc2occc2c1. The van der Waals surface area contributed by atoms with Gasteiger partial charge in [0.2, 0.25) is 0 Å². The third-order valence-corrected chi connectivity index (χ3v) is 2.24. The average molecular weight is 206 g/mol. The van der Waals surface area contributed by atoms with Gasteiger partial charge in [0.05, 0.1) is 6.26 Å². The molecule has 2 aromatic rings. The molecule has 1 aromatic heterocycles. The smallest absolute Gasteiger partial charge is 0.337 e. The predicted octanol–water partition coefficient (Wildman–Crippen LogP) is 2.20. The molecule has 0 aliphatic carbocycles. The van der Waals surface area contributed by atoms with Crippen molar-refractivity contribution >= 4 is 16.9 Å². The van der Waals surface area contributed by atoms with Gasteiger partial charge >= 0.3 is 5.97 Å². The number of methoxy groups -OCH3 is 1. The molecule has 2 rings (SSSR count). The van der Waals surface area contributed by atoms with Crippen LogP contribution in [0.4, 0.5) is 0 Å². The van der Waals surface area contributed by atoms with Crippen molar-refractivity contribution in [3.05, 3.63) is 36.1 Å². The largest absolute Gasteiger partial charge is 0.479 e. The predicted molar refractivity (Wildman–Crippen MR) is 53.6 cm³/mol. The van der Waals surface area contributed by atoms with E-state index in [9.17, 15) is 4.79 Å². The second-order valence-corrected chi connectivity index (χ2v) is 3.17. The molecule has 0 amide bonds. The Labute approximate surface area is 86.1 Å². The van der Waals surface area contributed by atoms with Crippen LogP contribution < -0.4 is 0 Å². The molecule has 4 nitrogen and oxygen atoms in total. The minimum absolute atomic E-state index is 0.610. The highest BCUT2D eigenvalue weighted by atomic mass is 16.5. The van der Waals surface area contributed by atoms with Crippen molar-refractivity contribution < 1.29 is 19.1 Å². The van der Waals surface area contributed by atoms with Crippen LogP contribution in [0.1, 0.15) is 11.7 Å². The summed E-state index contributed by atoms with van der Waals surface area (Å²) in [5.74, 6) is -1.000. The zero-order chi connectivity index (χ0) is 10.8. The van der Waals surface area contributed by atoms with Crippen molar-refractivity contribution in [2.24, 2.45) is 0 Å². The Morgan fingerprint density at radius 2 is 2.27 bits per heavy atom. The van der Waals surface area contributed by atoms with E-state index in [1.807, 2.05) is 0 Å². The summed E-state index contributed by atoms with van der Waals surface area (Å²) in [5, 5.41) is 9.77. The lowest BCUT2D eigenvalue weighted by Crippen LogP contribution is -2.13. The van der Waals surface area contributed by atoms with Crippen LogP contribution in [0.3, 0.4) is 0 Å². The van der Waals surface area contributed by atoms with Gasteiger partial charge in [-0.2, -0.15) is 0 Å². The van der Waals surface area contributed by atoms with E-state index in [4.69, 9.17) is 14.3 Å². The first kappa shape index (κ1) is 9.73. The second kappa shape index (κ2) is 3.74. The molecule has 0 bridgehead atoms. The van der Waals surface area contributed by atoms with E-state index >= 15 is 0 Å². The summed E-state index contributed by atoms with van der Waals surface area (Å²) >= 11 is 0. The van der Waals surface area contributed by atoms with Gasteiger partial charge in [0.25, 0.3) is 0 Å². The molecule has 78 valence electrons. The lowest BCUT2D eigenvalue weighted by atomic mass is 10.1. The van der Waals surface area contributed by atoms with E-state index in [1.54, 1.807) is 30.5 Å². The molecule has 0 radical (unpaired) electrons. The number of carboxylic acids is 1. The molecule has 0 aliphatic rings. The van der Waals surface area contributed by atoms with Crippen LogP contribution >= 0.6 is 0 Å². The van der Waals surface area contributed by atoms with E-state index < -0.39 is 12.1 Å². The average Bonchev–Trinajstić information content (AvgIpc) is 2.65. The number of ether oxygens (including phenoxy) is 1. The highest BCUT2D eigenvalue weighted by molar-refractivity contribution is 5.81. The fraction of sp³-hybridized carbons (Fsp3) is 0.182. The molecule has 0 spiro atoms. The van der Waals surface area contributed by atoms with Crippen molar-refractivity contribution in [1.29, 1.82) is 0 Å². The fourth-order valence-electron chi connectivity index (χ4n) is 1.53. The maximum Gasteiger partial charge on any atom is 0.337 e. The first-order valence-corrected chi connectivity index (χ1v) is 4.45. The Morgan fingerprint density at radius 1 is 1.47 bits per heavy atom. The summed E-state index contributed by atoms with van der Waals surface area (Å²) in [6.45, 7) is 0. The lowest BCUT2D eigenvalue weighted by Gasteiger charge is -2.10. The number of hydrogen-bond acceptors (Lipinski definition) is 3. The van der Waals surface area contributed by atoms with Crippen LogP contribution in [0, 0.1) is 0 Å². The summed E-state index contributed by atoms with van der Waals surface area (Å²) < 4.78 is 10.1. The van der Waals surface area contributed by atoms with Gasteiger partial charge in [-0.25, -0.2) is 4.79 Å². The molecule has 1 heterocycles. The van der Waals surface area contributed by atoms with Crippen LogP contribution in [0.5, 0.6) is 0 Å². The standard InChI is InChI=1S/C11H10O4/c1-14-10(11(12)13)8-2-3-9-7(6-8)4-5-15-9/h2-6,10H,1H3,(H,12,13)/t10-/m1/s1.